The number of nitrogens with one attached hydrogen (secondary N) is 4. The van der Waals surface area contributed by atoms with Gasteiger partial charge in [-0.2, -0.15) is 11.8 Å². The molecule has 0 fully saturated rings. The lowest BCUT2D eigenvalue weighted by molar-refractivity contribution is -0.118. The van der Waals surface area contributed by atoms with Crippen LogP contribution in [-0.2, 0) is 4.79 Å². The third-order valence-corrected chi connectivity index (χ3v) is 5.47. The van der Waals surface area contributed by atoms with Crippen LogP contribution in [-0.4, -0.2) is 39.8 Å². The van der Waals surface area contributed by atoms with E-state index in [-0.39, 0.29) is 17.5 Å². The first-order valence-electron chi connectivity index (χ1n) is 8.55. The molecule has 0 aliphatic rings. The molecule has 3 aromatic rings. The summed E-state index contributed by atoms with van der Waals surface area (Å²) >= 11 is 4.96. The molecule has 0 bridgehead atoms. The van der Waals surface area contributed by atoms with Crippen LogP contribution in [0.5, 0.6) is 0 Å². The van der Waals surface area contributed by atoms with Crippen LogP contribution in [0.3, 0.4) is 0 Å². The van der Waals surface area contributed by atoms with Crippen LogP contribution >= 0.6 is 27.7 Å². The number of anilines is 1. The van der Waals surface area contributed by atoms with Crippen molar-refractivity contribution < 1.29 is 9.59 Å². The molecule has 1 heterocycles. The van der Waals surface area contributed by atoms with Crippen molar-refractivity contribution in [1.29, 1.82) is 0 Å². The number of carbonyl (C=O) groups excluding carboxylic acids is 2. The van der Waals surface area contributed by atoms with Crippen molar-refractivity contribution in [3.05, 3.63) is 63.0 Å². The summed E-state index contributed by atoms with van der Waals surface area (Å²) in [4.78, 5) is 42.1. The Hall–Kier alpha value is -2.52. The summed E-state index contributed by atoms with van der Waals surface area (Å²) in [5, 5.41) is 5.63. The summed E-state index contributed by atoms with van der Waals surface area (Å²) < 4.78 is 0.665. The molecule has 0 saturated carbocycles. The number of rotatable bonds is 7. The van der Waals surface area contributed by atoms with Crippen LogP contribution in [0.25, 0.3) is 11.0 Å². The molecule has 0 saturated heterocycles. The molecule has 9 heteroatoms. The van der Waals surface area contributed by atoms with Crippen LogP contribution < -0.4 is 16.3 Å². The van der Waals surface area contributed by atoms with E-state index < -0.39 is 6.04 Å². The smallest absolute Gasteiger partial charge is 0.323 e. The van der Waals surface area contributed by atoms with E-state index in [0.29, 0.717) is 33.2 Å². The first-order valence-corrected chi connectivity index (χ1v) is 10.7. The summed E-state index contributed by atoms with van der Waals surface area (Å²) in [7, 11) is 0. The van der Waals surface area contributed by atoms with Gasteiger partial charge in [0.2, 0.25) is 5.91 Å². The maximum absolute atomic E-state index is 12.8. The fourth-order valence-electron chi connectivity index (χ4n) is 2.73. The number of fused-ring (bicyclic) bond motifs is 1. The number of H-pyrrole nitrogens is 2. The van der Waals surface area contributed by atoms with Gasteiger partial charge in [0.1, 0.15) is 6.04 Å². The van der Waals surface area contributed by atoms with Gasteiger partial charge in [-0.25, -0.2) is 4.79 Å². The predicted octanol–water partition coefficient (Wildman–Crippen LogP) is 3.11. The first kappa shape index (κ1) is 20.2. The molecule has 146 valence electrons. The lowest BCUT2D eigenvalue weighted by atomic mass is 10.1. The summed E-state index contributed by atoms with van der Waals surface area (Å²) in [5.74, 6) is 0.0872. The van der Waals surface area contributed by atoms with E-state index in [4.69, 9.17) is 0 Å². The van der Waals surface area contributed by atoms with Crippen molar-refractivity contribution in [2.24, 2.45) is 0 Å². The van der Waals surface area contributed by atoms with Gasteiger partial charge >= 0.3 is 5.69 Å². The third-order valence-electron chi connectivity index (χ3n) is 4.13. The topological polar surface area (TPSA) is 107 Å². The first-order chi connectivity index (χ1) is 13.5. The van der Waals surface area contributed by atoms with Crippen LogP contribution in [0.4, 0.5) is 5.69 Å². The molecule has 0 spiro atoms. The van der Waals surface area contributed by atoms with E-state index in [2.05, 4.69) is 36.5 Å². The summed E-state index contributed by atoms with van der Waals surface area (Å²) in [6, 6.07) is 11.5. The molecule has 0 radical (unpaired) electrons. The molecule has 7 nitrogen and oxygen atoms in total. The standard InChI is InChI=1S/C19H19BrN4O3S/c1-28-9-8-15(22-17(25)12-4-2-3-5-13(12)20)18(26)21-11-6-7-14-16(10-11)24-19(27)23-14/h2-7,10,15H,8-9H2,1H3,(H,21,26)(H,22,25)(H2,23,24,27). The van der Waals surface area contributed by atoms with Gasteiger partial charge in [0.05, 0.1) is 16.6 Å². The number of hydrogen-bond donors (Lipinski definition) is 4. The zero-order chi connectivity index (χ0) is 20.1. The Morgan fingerprint density at radius 3 is 2.64 bits per heavy atom. The van der Waals surface area contributed by atoms with Gasteiger partial charge in [0.15, 0.2) is 0 Å². The molecule has 2 aromatic carbocycles. The zero-order valence-electron chi connectivity index (χ0n) is 15.0. The molecule has 1 atom stereocenters. The SMILES string of the molecule is CSCCC(NC(=O)c1ccccc1Br)C(=O)Nc1ccc2[nH]c(=O)[nH]c2c1. The van der Waals surface area contributed by atoms with Gasteiger partial charge in [-0.3, -0.25) is 9.59 Å². The Bertz CT molecular complexity index is 1060. The van der Waals surface area contributed by atoms with Crippen LogP contribution in [0.2, 0.25) is 0 Å². The third kappa shape index (κ3) is 4.85. The number of benzene rings is 2. The van der Waals surface area contributed by atoms with Crippen molar-refractivity contribution in [2.75, 3.05) is 17.3 Å². The molecule has 28 heavy (non-hydrogen) atoms. The van der Waals surface area contributed by atoms with Crippen molar-refractivity contribution >= 4 is 56.2 Å². The van der Waals surface area contributed by atoms with Gasteiger partial charge in [-0.1, -0.05) is 12.1 Å². The highest BCUT2D eigenvalue weighted by Crippen LogP contribution is 2.17. The minimum absolute atomic E-state index is 0.308. The summed E-state index contributed by atoms with van der Waals surface area (Å²) in [6.45, 7) is 0. The number of aromatic nitrogens is 2. The Morgan fingerprint density at radius 1 is 1.14 bits per heavy atom. The normalized spacial score (nSPS) is 11.9. The Kier molecular flexibility index (Phi) is 6.58. The summed E-state index contributed by atoms with van der Waals surface area (Å²) in [6.07, 6.45) is 2.44. The minimum atomic E-state index is -0.687. The highest BCUT2D eigenvalue weighted by molar-refractivity contribution is 9.10. The van der Waals surface area contributed by atoms with E-state index in [9.17, 15) is 14.4 Å². The van der Waals surface area contributed by atoms with E-state index >= 15 is 0 Å². The number of aromatic amines is 2. The fourth-order valence-corrected chi connectivity index (χ4v) is 3.66. The maximum Gasteiger partial charge on any atom is 0.323 e. The van der Waals surface area contributed by atoms with Crippen molar-refractivity contribution in [3.8, 4) is 0 Å². The number of halogens is 1. The average molecular weight is 463 g/mol. The Balaban J connectivity index is 1.75. The summed E-state index contributed by atoms with van der Waals surface area (Å²) in [5.41, 5.74) is 1.95. The lowest BCUT2D eigenvalue weighted by Crippen LogP contribution is -2.44. The Morgan fingerprint density at radius 2 is 1.89 bits per heavy atom. The van der Waals surface area contributed by atoms with Crippen molar-refractivity contribution in [1.82, 2.24) is 15.3 Å². The van der Waals surface area contributed by atoms with Gasteiger partial charge in [0.25, 0.3) is 5.91 Å². The molecule has 1 aromatic heterocycles. The average Bonchev–Trinajstić information content (AvgIpc) is 3.04. The quantitative estimate of drug-likeness (QED) is 0.432. The highest BCUT2D eigenvalue weighted by atomic mass is 79.9. The predicted molar refractivity (Wildman–Crippen MR) is 116 cm³/mol. The van der Waals surface area contributed by atoms with Gasteiger partial charge in [0, 0.05) is 10.2 Å². The molecule has 4 N–H and O–H groups in total. The Labute approximate surface area is 173 Å². The molecule has 3 rings (SSSR count). The minimum Gasteiger partial charge on any atom is -0.340 e. The molecular weight excluding hydrogens is 444 g/mol. The van der Waals surface area contributed by atoms with E-state index in [0.717, 1.165) is 5.75 Å². The second kappa shape index (κ2) is 9.11. The van der Waals surface area contributed by atoms with Crippen LogP contribution in [0, 0.1) is 0 Å². The van der Waals surface area contributed by atoms with E-state index in [1.165, 1.54) is 0 Å². The second-order valence-electron chi connectivity index (χ2n) is 6.12. The van der Waals surface area contributed by atoms with E-state index in [1.807, 2.05) is 12.3 Å². The van der Waals surface area contributed by atoms with Crippen molar-refractivity contribution in [3.63, 3.8) is 0 Å². The van der Waals surface area contributed by atoms with Gasteiger partial charge in [-0.05, 0) is 64.7 Å². The monoisotopic (exact) mass is 462 g/mol. The highest BCUT2D eigenvalue weighted by Gasteiger charge is 2.22. The van der Waals surface area contributed by atoms with Gasteiger partial charge < -0.3 is 20.6 Å². The second-order valence-corrected chi connectivity index (χ2v) is 7.96. The maximum atomic E-state index is 12.8. The lowest BCUT2D eigenvalue weighted by Gasteiger charge is -2.18. The number of carbonyl (C=O) groups is 2. The molecular formula is C19H19BrN4O3S. The van der Waals surface area contributed by atoms with Crippen molar-refractivity contribution in [2.45, 2.75) is 12.5 Å². The number of thioether (sulfide) groups is 1. The molecule has 0 aliphatic heterocycles. The zero-order valence-corrected chi connectivity index (χ0v) is 17.4. The van der Waals surface area contributed by atoms with E-state index in [1.54, 1.807) is 48.2 Å². The molecule has 1 unspecified atom stereocenters. The fraction of sp³-hybridized carbons (Fsp3) is 0.211. The largest absolute Gasteiger partial charge is 0.340 e. The number of hydrogen-bond acceptors (Lipinski definition) is 4. The number of imidazole rings is 1. The van der Waals surface area contributed by atoms with Crippen LogP contribution in [0.1, 0.15) is 16.8 Å². The molecule has 2 amide bonds. The molecule has 0 aliphatic carbocycles. The number of amides is 2. The van der Waals surface area contributed by atoms with Gasteiger partial charge in [-0.15, -0.1) is 0 Å². The van der Waals surface area contributed by atoms with Crippen LogP contribution in [0.15, 0.2) is 51.7 Å².